The molecule has 0 amide bonds. The monoisotopic (exact) mass is 234 g/mol. The van der Waals surface area contributed by atoms with E-state index >= 15 is 0 Å². The van der Waals surface area contributed by atoms with Gasteiger partial charge >= 0.3 is 0 Å². The molecule has 4 nitrogen and oxygen atoms in total. The summed E-state index contributed by atoms with van der Waals surface area (Å²) in [6.45, 7) is 6.17. The minimum atomic E-state index is -3.02. The molecule has 0 bridgehead atoms. The molecule has 1 saturated heterocycles. The summed E-state index contributed by atoms with van der Waals surface area (Å²) < 4.78 is 25.4. The molecule has 0 spiro atoms. The third-order valence-electron chi connectivity index (χ3n) is 3.20. The number of hydrogen-bond acceptors (Lipinski definition) is 3. The number of hydrogen-bond donors (Lipinski definition) is 1. The van der Waals surface area contributed by atoms with Crippen molar-refractivity contribution in [1.82, 2.24) is 4.31 Å². The maximum atomic E-state index is 11.9. The molecule has 2 N–H and O–H groups in total. The Morgan fingerprint density at radius 1 is 1.20 bits per heavy atom. The molecule has 2 unspecified atom stereocenters. The van der Waals surface area contributed by atoms with Crippen LogP contribution in [0.1, 0.15) is 26.7 Å². The summed E-state index contributed by atoms with van der Waals surface area (Å²) in [5.41, 5.74) is 5.35. The molecule has 1 rings (SSSR count). The topological polar surface area (TPSA) is 63.4 Å². The van der Waals surface area contributed by atoms with Crippen LogP contribution in [0.4, 0.5) is 0 Å². The molecule has 0 aromatic carbocycles. The van der Waals surface area contributed by atoms with Gasteiger partial charge in [-0.15, -0.1) is 0 Å². The van der Waals surface area contributed by atoms with E-state index in [4.69, 9.17) is 5.73 Å². The first-order valence-electron chi connectivity index (χ1n) is 5.65. The molecular weight excluding hydrogens is 212 g/mol. The smallest absolute Gasteiger partial charge is 0.214 e. The Hall–Kier alpha value is -0.130. The number of nitrogens with zero attached hydrogens (tertiary/aromatic N) is 1. The largest absolute Gasteiger partial charge is 0.330 e. The molecule has 2 atom stereocenters. The molecule has 0 saturated carbocycles. The molecule has 90 valence electrons. The van der Waals surface area contributed by atoms with E-state index in [1.807, 2.05) is 0 Å². The van der Waals surface area contributed by atoms with Gasteiger partial charge in [0.1, 0.15) is 0 Å². The first kappa shape index (κ1) is 12.9. The molecule has 1 aliphatic rings. The van der Waals surface area contributed by atoms with Gasteiger partial charge in [-0.05, 0) is 31.2 Å². The van der Waals surface area contributed by atoms with Crippen LogP contribution in [0.5, 0.6) is 0 Å². The molecule has 1 aliphatic heterocycles. The molecule has 1 heterocycles. The predicted molar refractivity (Wildman–Crippen MR) is 62.0 cm³/mol. The minimum absolute atomic E-state index is 0.254. The first-order chi connectivity index (χ1) is 6.97. The Morgan fingerprint density at radius 3 is 2.20 bits per heavy atom. The van der Waals surface area contributed by atoms with E-state index < -0.39 is 10.0 Å². The van der Waals surface area contributed by atoms with Gasteiger partial charge in [0.2, 0.25) is 10.0 Å². The second-order valence-electron chi connectivity index (χ2n) is 4.58. The molecule has 1 fully saturated rings. The van der Waals surface area contributed by atoms with E-state index in [1.165, 1.54) is 0 Å². The van der Waals surface area contributed by atoms with Gasteiger partial charge in [-0.3, -0.25) is 0 Å². The van der Waals surface area contributed by atoms with Crippen molar-refractivity contribution in [3.05, 3.63) is 0 Å². The van der Waals surface area contributed by atoms with Crippen LogP contribution < -0.4 is 5.73 Å². The van der Waals surface area contributed by atoms with Crippen LogP contribution in [0, 0.1) is 11.8 Å². The minimum Gasteiger partial charge on any atom is -0.330 e. The van der Waals surface area contributed by atoms with E-state index in [2.05, 4.69) is 13.8 Å². The summed E-state index contributed by atoms with van der Waals surface area (Å²) in [5, 5.41) is 0. The second-order valence-corrected chi connectivity index (χ2v) is 6.67. The van der Waals surface area contributed by atoms with Gasteiger partial charge in [0.25, 0.3) is 0 Å². The zero-order valence-corrected chi connectivity index (χ0v) is 10.5. The summed E-state index contributed by atoms with van der Waals surface area (Å²) in [4.78, 5) is 0. The number of unbranched alkanes of at least 4 members (excludes halogenated alkanes) is 1. The van der Waals surface area contributed by atoms with Crippen molar-refractivity contribution < 1.29 is 8.42 Å². The summed E-state index contributed by atoms with van der Waals surface area (Å²) in [5.74, 6) is 1.22. The standard InChI is InChI=1S/C10H22N2O2S/c1-9-7-12(8-10(9)2)15(13,14)6-4-3-5-11/h9-10H,3-8,11H2,1-2H3. The van der Waals surface area contributed by atoms with Crippen molar-refractivity contribution in [3.8, 4) is 0 Å². The Balaban J connectivity index is 2.48. The van der Waals surface area contributed by atoms with E-state index in [-0.39, 0.29) is 5.75 Å². The first-order valence-corrected chi connectivity index (χ1v) is 7.26. The summed E-state index contributed by atoms with van der Waals surface area (Å²) in [7, 11) is -3.02. The van der Waals surface area contributed by atoms with Crippen molar-refractivity contribution in [3.63, 3.8) is 0 Å². The van der Waals surface area contributed by atoms with Crippen LogP contribution in [0.3, 0.4) is 0 Å². The lowest BCUT2D eigenvalue weighted by atomic mass is 10.0. The Labute approximate surface area is 92.9 Å². The van der Waals surface area contributed by atoms with E-state index in [9.17, 15) is 8.42 Å². The average Bonchev–Trinajstić information content (AvgIpc) is 2.48. The lowest BCUT2D eigenvalue weighted by Gasteiger charge is -2.15. The fourth-order valence-corrected chi connectivity index (χ4v) is 3.61. The maximum Gasteiger partial charge on any atom is 0.214 e. The van der Waals surface area contributed by atoms with Crippen LogP contribution in [-0.4, -0.2) is 38.1 Å². The summed E-state index contributed by atoms with van der Waals surface area (Å²) in [6.07, 6.45) is 1.47. The van der Waals surface area contributed by atoms with Crippen LogP contribution in [0.2, 0.25) is 0 Å². The van der Waals surface area contributed by atoms with Crippen molar-refractivity contribution in [2.45, 2.75) is 26.7 Å². The van der Waals surface area contributed by atoms with Gasteiger partial charge in [-0.25, -0.2) is 12.7 Å². The van der Waals surface area contributed by atoms with Gasteiger partial charge in [-0.1, -0.05) is 13.8 Å². The highest BCUT2D eigenvalue weighted by Crippen LogP contribution is 2.24. The van der Waals surface area contributed by atoms with Crippen LogP contribution >= 0.6 is 0 Å². The van der Waals surface area contributed by atoms with Gasteiger partial charge in [0, 0.05) is 13.1 Å². The highest BCUT2D eigenvalue weighted by Gasteiger charge is 2.33. The lowest BCUT2D eigenvalue weighted by molar-refractivity contribution is 0.461. The molecule has 5 heteroatoms. The molecule has 0 aliphatic carbocycles. The van der Waals surface area contributed by atoms with E-state index in [1.54, 1.807) is 4.31 Å². The van der Waals surface area contributed by atoms with Crippen molar-refractivity contribution in [2.75, 3.05) is 25.4 Å². The summed E-state index contributed by atoms with van der Waals surface area (Å²) in [6, 6.07) is 0. The van der Waals surface area contributed by atoms with Crippen LogP contribution in [0.15, 0.2) is 0 Å². The van der Waals surface area contributed by atoms with Gasteiger partial charge in [0.05, 0.1) is 5.75 Å². The average molecular weight is 234 g/mol. The van der Waals surface area contributed by atoms with Crippen LogP contribution in [0.25, 0.3) is 0 Å². The van der Waals surface area contributed by atoms with Crippen molar-refractivity contribution in [2.24, 2.45) is 17.6 Å². The van der Waals surface area contributed by atoms with E-state index in [0.29, 0.717) is 37.9 Å². The Bertz CT molecular complexity index is 280. The van der Waals surface area contributed by atoms with Crippen molar-refractivity contribution >= 4 is 10.0 Å². The van der Waals surface area contributed by atoms with Crippen LogP contribution in [-0.2, 0) is 10.0 Å². The normalized spacial score (nSPS) is 28.5. The third-order valence-corrected chi connectivity index (χ3v) is 5.09. The maximum absolute atomic E-state index is 11.9. The summed E-state index contributed by atoms with van der Waals surface area (Å²) >= 11 is 0. The molecule has 0 aromatic rings. The van der Waals surface area contributed by atoms with Gasteiger partial charge < -0.3 is 5.73 Å². The van der Waals surface area contributed by atoms with Gasteiger partial charge in [0.15, 0.2) is 0 Å². The highest BCUT2D eigenvalue weighted by molar-refractivity contribution is 7.89. The Kier molecular flexibility index (Phi) is 4.55. The fraction of sp³-hybridized carbons (Fsp3) is 1.00. The molecule has 0 aromatic heterocycles. The quantitative estimate of drug-likeness (QED) is 0.710. The Morgan fingerprint density at radius 2 is 1.73 bits per heavy atom. The highest BCUT2D eigenvalue weighted by atomic mass is 32.2. The van der Waals surface area contributed by atoms with E-state index in [0.717, 1.165) is 6.42 Å². The molecule has 15 heavy (non-hydrogen) atoms. The number of sulfonamides is 1. The lowest BCUT2D eigenvalue weighted by Crippen LogP contribution is -2.31. The number of rotatable bonds is 5. The molecular formula is C10H22N2O2S. The van der Waals surface area contributed by atoms with Crippen molar-refractivity contribution in [1.29, 1.82) is 0 Å². The molecule has 0 radical (unpaired) electrons. The fourth-order valence-electron chi connectivity index (χ4n) is 1.86. The second kappa shape index (κ2) is 5.27. The SMILES string of the molecule is CC1CN(S(=O)(=O)CCCCN)CC1C. The van der Waals surface area contributed by atoms with Gasteiger partial charge in [-0.2, -0.15) is 0 Å². The zero-order chi connectivity index (χ0) is 11.5. The zero-order valence-electron chi connectivity index (χ0n) is 9.65. The number of nitrogens with two attached hydrogens (primary N) is 1. The third kappa shape index (κ3) is 3.43. The predicted octanol–water partition coefficient (Wildman–Crippen LogP) is 0.643.